The lowest BCUT2D eigenvalue weighted by Gasteiger charge is -2.39. The summed E-state index contributed by atoms with van der Waals surface area (Å²) < 4.78 is 0. The number of hydrogen-bond donors (Lipinski definition) is 1. The lowest BCUT2D eigenvalue weighted by atomic mass is 9.74. The van der Waals surface area contributed by atoms with Gasteiger partial charge in [-0.1, -0.05) is 38.8 Å². The fraction of sp³-hybridized carbons (Fsp3) is 0.714. The SMILES string of the molecule is CC1CCC(C(C)C)C(NC(=O)C2CCN(c3ccc(Cl)cn3)CC2)C1. The first-order chi connectivity index (χ1) is 12.4. The van der Waals surface area contributed by atoms with E-state index in [0.29, 0.717) is 28.8 Å². The molecule has 2 heterocycles. The van der Waals surface area contributed by atoms with Crippen LogP contribution in [0.4, 0.5) is 5.82 Å². The first-order valence-electron chi connectivity index (χ1n) is 10.1. The molecule has 0 aromatic carbocycles. The summed E-state index contributed by atoms with van der Waals surface area (Å²) in [6, 6.07) is 4.18. The molecule has 5 heteroatoms. The van der Waals surface area contributed by atoms with Crippen LogP contribution in [0, 0.1) is 23.7 Å². The van der Waals surface area contributed by atoms with Gasteiger partial charge >= 0.3 is 0 Å². The van der Waals surface area contributed by atoms with Gasteiger partial charge in [0.15, 0.2) is 0 Å². The number of amides is 1. The molecule has 0 spiro atoms. The summed E-state index contributed by atoms with van der Waals surface area (Å²) in [6.45, 7) is 8.64. The van der Waals surface area contributed by atoms with Crippen molar-refractivity contribution in [3.8, 4) is 0 Å². The predicted molar refractivity (Wildman–Crippen MR) is 107 cm³/mol. The van der Waals surface area contributed by atoms with Crippen LogP contribution in [0.1, 0.15) is 52.9 Å². The number of piperidine rings is 1. The molecule has 0 radical (unpaired) electrons. The highest BCUT2D eigenvalue weighted by Crippen LogP contribution is 2.34. The Morgan fingerprint density at radius 3 is 2.58 bits per heavy atom. The molecular weight excluding hydrogens is 346 g/mol. The van der Waals surface area contributed by atoms with Gasteiger partial charge in [-0.2, -0.15) is 0 Å². The molecule has 1 aliphatic carbocycles. The summed E-state index contributed by atoms with van der Waals surface area (Å²) in [4.78, 5) is 19.5. The standard InChI is InChI=1S/C21H32ClN3O/c1-14(2)18-6-4-15(3)12-19(18)24-21(26)16-8-10-25(11-9-16)20-7-5-17(22)13-23-20/h5,7,13-16,18-19H,4,6,8-12H2,1-3H3,(H,24,26). The second-order valence-corrected chi connectivity index (χ2v) is 8.97. The molecule has 3 atom stereocenters. The summed E-state index contributed by atoms with van der Waals surface area (Å²) in [5.41, 5.74) is 0. The summed E-state index contributed by atoms with van der Waals surface area (Å²) >= 11 is 5.92. The Kier molecular flexibility index (Phi) is 6.44. The molecule has 3 unspecified atom stereocenters. The average molecular weight is 378 g/mol. The largest absolute Gasteiger partial charge is 0.357 e. The summed E-state index contributed by atoms with van der Waals surface area (Å²) in [5, 5.41) is 4.08. The van der Waals surface area contributed by atoms with Gasteiger partial charge < -0.3 is 10.2 Å². The van der Waals surface area contributed by atoms with Gasteiger partial charge in [0.2, 0.25) is 5.91 Å². The van der Waals surface area contributed by atoms with Crippen molar-refractivity contribution in [2.45, 2.75) is 58.9 Å². The Labute approximate surface area is 162 Å². The maximum Gasteiger partial charge on any atom is 0.223 e. The fourth-order valence-corrected chi connectivity index (χ4v) is 4.71. The van der Waals surface area contributed by atoms with E-state index in [1.807, 2.05) is 12.1 Å². The summed E-state index contributed by atoms with van der Waals surface area (Å²) in [5.74, 6) is 3.31. The Bertz CT molecular complexity index is 596. The van der Waals surface area contributed by atoms with Crippen LogP contribution in [0.5, 0.6) is 0 Å². The molecule has 1 amide bonds. The van der Waals surface area contributed by atoms with E-state index < -0.39 is 0 Å². The van der Waals surface area contributed by atoms with Crippen LogP contribution in [-0.4, -0.2) is 30.0 Å². The van der Waals surface area contributed by atoms with Crippen molar-refractivity contribution in [1.29, 1.82) is 0 Å². The summed E-state index contributed by atoms with van der Waals surface area (Å²) in [7, 11) is 0. The first kappa shape index (κ1) is 19.5. The molecule has 4 nitrogen and oxygen atoms in total. The van der Waals surface area contributed by atoms with Crippen molar-refractivity contribution < 1.29 is 4.79 Å². The zero-order valence-corrected chi connectivity index (χ0v) is 17.0. The molecule has 1 saturated heterocycles. The lowest BCUT2D eigenvalue weighted by molar-refractivity contribution is -0.127. The highest BCUT2D eigenvalue weighted by atomic mass is 35.5. The fourth-order valence-electron chi connectivity index (χ4n) is 4.59. The van der Waals surface area contributed by atoms with E-state index in [1.54, 1.807) is 6.20 Å². The van der Waals surface area contributed by atoms with Crippen LogP contribution < -0.4 is 10.2 Å². The number of pyridine rings is 1. The number of carbonyl (C=O) groups excluding carboxylic acids is 1. The van der Waals surface area contributed by atoms with Crippen LogP contribution in [0.3, 0.4) is 0 Å². The number of nitrogens with zero attached hydrogens (tertiary/aromatic N) is 2. The maximum atomic E-state index is 12.9. The van der Waals surface area contributed by atoms with E-state index >= 15 is 0 Å². The lowest BCUT2D eigenvalue weighted by Crippen LogP contribution is -2.49. The van der Waals surface area contributed by atoms with Crippen molar-refractivity contribution in [2.75, 3.05) is 18.0 Å². The van der Waals surface area contributed by atoms with Crippen LogP contribution >= 0.6 is 11.6 Å². The Morgan fingerprint density at radius 2 is 1.96 bits per heavy atom. The minimum atomic E-state index is 0.128. The van der Waals surface area contributed by atoms with Gasteiger partial charge in [-0.15, -0.1) is 0 Å². The van der Waals surface area contributed by atoms with Gasteiger partial charge in [-0.3, -0.25) is 4.79 Å². The van der Waals surface area contributed by atoms with E-state index in [4.69, 9.17) is 11.6 Å². The van der Waals surface area contributed by atoms with E-state index in [0.717, 1.165) is 38.2 Å². The minimum Gasteiger partial charge on any atom is -0.357 e. The third-order valence-corrected chi connectivity index (χ3v) is 6.47. The van der Waals surface area contributed by atoms with Crippen molar-refractivity contribution in [1.82, 2.24) is 10.3 Å². The van der Waals surface area contributed by atoms with Crippen LogP contribution in [-0.2, 0) is 4.79 Å². The molecule has 1 saturated carbocycles. The van der Waals surface area contributed by atoms with E-state index in [9.17, 15) is 4.79 Å². The Hall–Kier alpha value is -1.29. The third kappa shape index (κ3) is 4.70. The van der Waals surface area contributed by atoms with E-state index in [2.05, 4.69) is 36.0 Å². The Morgan fingerprint density at radius 1 is 1.23 bits per heavy atom. The van der Waals surface area contributed by atoms with Crippen molar-refractivity contribution in [3.63, 3.8) is 0 Å². The van der Waals surface area contributed by atoms with Crippen molar-refractivity contribution >= 4 is 23.3 Å². The van der Waals surface area contributed by atoms with E-state index in [-0.39, 0.29) is 11.8 Å². The number of anilines is 1. The van der Waals surface area contributed by atoms with Crippen molar-refractivity contribution in [3.05, 3.63) is 23.4 Å². The second kappa shape index (κ2) is 8.60. The van der Waals surface area contributed by atoms with Gasteiger partial charge in [0.25, 0.3) is 0 Å². The number of aromatic nitrogens is 1. The molecule has 1 aromatic heterocycles. The van der Waals surface area contributed by atoms with Gasteiger partial charge in [-0.25, -0.2) is 4.98 Å². The maximum absolute atomic E-state index is 12.9. The van der Waals surface area contributed by atoms with Crippen molar-refractivity contribution in [2.24, 2.45) is 23.7 Å². The van der Waals surface area contributed by atoms with Gasteiger partial charge in [0.1, 0.15) is 5.82 Å². The quantitative estimate of drug-likeness (QED) is 0.838. The first-order valence-corrected chi connectivity index (χ1v) is 10.5. The minimum absolute atomic E-state index is 0.128. The van der Waals surface area contributed by atoms with Gasteiger partial charge in [0, 0.05) is 31.2 Å². The second-order valence-electron chi connectivity index (χ2n) is 8.54. The molecule has 3 rings (SSSR count). The van der Waals surface area contributed by atoms with Crippen LogP contribution in [0.2, 0.25) is 5.02 Å². The number of rotatable bonds is 4. The smallest absolute Gasteiger partial charge is 0.223 e. The summed E-state index contributed by atoms with van der Waals surface area (Å²) in [6.07, 6.45) is 7.13. The highest BCUT2D eigenvalue weighted by molar-refractivity contribution is 6.30. The molecular formula is C21H32ClN3O. The van der Waals surface area contributed by atoms with E-state index in [1.165, 1.54) is 12.8 Å². The molecule has 1 aromatic rings. The van der Waals surface area contributed by atoms with Crippen LogP contribution in [0.15, 0.2) is 18.3 Å². The normalized spacial score (nSPS) is 27.6. The molecule has 26 heavy (non-hydrogen) atoms. The van der Waals surface area contributed by atoms with Gasteiger partial charge in [0.05, 0.1) is 5.02 Å². The monoisotopic (exact) mass is 377 g/mol. The highest BCUT2D eigenvalue weighted by Gasteiger charge is 2.34. The zero-order valence-electron chi connectivity index (χ0n) is 16.2. The zero-order chi connectivity index (χ0) is 18.7. The third-order valence-electron chi connectivity index (χ3n) is 6.25. The predicted octanol–water partition coefficient (Wildman–Crippen LogP) is 4.53. The molecule has 1 N–H and O–H groups in total. The molecule has 0 bridgehead atoms. The molecule has 2 aliphatic rings. The molecule has 2 fully saturated rings. The van der Waals surface area contributed by atoms with Gasteiger partial charge in [-0.05, 0) is 55.6 Å². The average Bonchev–Trinajstić information content (AvgIpc) is 2.62. The number of carbonyl (C=O) groups is 1. The number of nitrogens with one attached hydrogen (secondary N) is 1. The number of hydrogen-bond acceptors (Lipinski definition) is 3. The van der Waals surface area contributed by atoms with Crippen LogP contribution in [0.25, 0.3) is 0 Å². The molecule has 1 aliphatic heterocycles. The number of halogens is 1. The topological polar surface area (TPSA) is 45.2 Å². The molecule has 144 valence electrons. The Balaban J connectivity index is 1.53.